The van der Waals surface area contributed by atoms with Crippen LogP contribution in [0.4, 0.5) is 5.69 Å². The zero-order chi connectivity index (χ0) is 21.3. The fourth-order valence-electron chi connectivity index (χ4n) is 2.90. The molecule has 1 aromatic heterocycles. The number of fused-ring (bicyclic) bond motifs is 1. The smallest absolute Gasteiger partial charge is 0.284 e. The van der Waals surface area contributed by atoms with Crippen molar-refractivity contribution >= 4 is 23.4 Å². The van der Waals surface area contributed by atoms with E-state index >= 15 is 0 Å². The number of rotatable bonds is 6. The molecule has 0 fully saturated rings. The van der Waals surface area contributed by atoms with Gasteiger partial charge in [-0.1, -0.05) is 6.07 Å². The molecular formula is C19H17N5O5S. The summed E-state index contributed by atoms with van der Waals surface area (Å²) >= 11 is 1.11. The average molecular weight is 427 g/mol. The van der Waals surface area contributed by atoms with E-state index in [9.17, 15) is 14.9 Å². The molecule has 1 aliphatic rings. The van der Waals surface area contributed by atoms with Gasteiger partial charge in [0.25, 0.3) is 11.6 Å². The van der Waals surface area contributed by atoms with Crippen LogP contribution in [-0.2, 0) is 7.05 Å². The highest BCUT2D eigenvalue weighted by Crippen LogP contribution is 2.35. The van der Waals surface area contributed by atoms with Crippen molar-refractivity contribution in [2.75, 3.05) is 6.79 Å². The Morgan fingerprint density at radius 3 is 2.80 bits per heavy atom. The lowest BCUT2D eigenvalue weighted by molar-refractivity contribution is -0.387. The zero-order valence-electron chi connectivity index (χ0n) is 16.1. The minimum absolute atomic E-state index is 0.169. The number of aryl methyl sites for hydroxylation is 1. The first-order valence-corrected chi connectivity index (χ1v) is 9.74. The van der Waals surface area contributed by atoms with Gasteiger partial charge in [0.15, 0.2) is 16.7 Å². The van der Waals surface area contributed by atoms with Crippen LogP contribution < -0.4 is 14.8 Å². The minimum atomic E-state index is -0.517. The predicted molar refractivity (Wildman–Crippen MR) is 107 cm³/mol. The molecule has 0 spiro atoms. The van der Waals surface area contributed by atoms with Gasteiger partial charge in [-0.25, -0.2) is 0 Å². The number of amides is 1. The van der Waals surface area contributed by atoms with Crippen LogP contribution in [0.15, 0.2) is 52.8 Å². The van der Waals surface area contributed by atoms with Gasteiger partial charge in [-0.3, -0.25) is 14.9 Å². The summed E-state index contributed by atoms with van der Waals surface area (Å²) in [6, 6.07) is 9.44. The summed E-state index contributed by atoms with van der Waals surface area (Å²) in [6.45, 7) is 1.99. The maximum atomic E-state index is 12.7. The number of hydrogen-bond donors (Lipinski definition) is 1. The summed E-state index contributed by atoms with van der Waals surface area (Å²) in [5, 5.41) is 22.6. The molecule has 0 saturated heterocycles. The second-order valence-corrected chi connectivity index (χ2v) is 7.58. The molecule has 10 nitrogen and oxygen atoms in total. The lowest BCUT2D eigenvalue weighted by atomic mass is 10.1. The molecule has 0 aliphatic carbocycles. The van der Waals surface area contributed by atoms with Crippen LogP contribution in [0.5, 0.6) is 11.5 Å². The Morgan fingerprint density at radius 1 is 1.27 bits per heavy atom. The standard InChI is InChI=1S/C19H17N5O5S/c1-11(12-3-5-15-16(8-12)29-10-28-15)21-18(25)13-4-6-17(14(7-13)24(26)27)30-19-22-20-9-23(19)2/h3-9,11H,10H2,1-2H3,(H,21,25). The van der Waals surface area contributed by atoms with E-state index in [1.165, 1.54) is 18.5 Å². The van der Waals surface area contributed by atoms with E-state index in [1.54, 1.807) is 29.8 Å². The Balaban J connectivity index is 1.53. The topological polar surface area (TPSA) is 121 Å². The summed E-state index contributed by atoms with van der Waals surface area (Å²) in [6.07, 6.45) is 1.51. The summed E-state index contributed by atoms with van der Waals surface area (Å²) in [7, 11) is 1.74. The second kappa shape index (κ2) is 8.03. The SMILES string of the molecule is CC(NC(=O)c1ccc(Sc2nncn2C)c([N+](=O)[O-])c1)c1ccc2c(c1)OCO2. The first-order chi connectivity index (χ1) is 14.4. The monoisotopic (exact) mass is 427 g/mol. The van der Waals surface area contributed by atoms with Gasteiger partial charge in [-0.15, -0.1) is 10.2 Å². The molecule has 0 radical (unpaired) electrons. The molecule has 4 rings (SSSR count). The molecule has 2 heterocycles. The van der Waals surface area contributed by atoms with Crippen molar-refractivity contribution in [3.63, 3.8) is 0 Å². The van der Waals surface area contributed by atoms with Gasteiger partial charge in [0.2, 0.25) is 6.79 Å². The first kappa shape index (κ1) is 19.7. The molecule has 1 atom stereocenters. The molecule has 1 N–H and O–H groups in total. The molecule has 1 amide bonds. The third-order valence-electron chi connectivity index (χ3n) is 4.53. The number of ether oxygens (including phenoxy) is 2. The largest absolute Gasteiger partial charge is 0.454 e. The molecule has 3 aromatic rings. The van der Waals surface area contributed by atoms with E-state index in [4.69, 9.17) is 9.47 Å². The number of nitrogens with zero attached hydrogens (tertiary/aromatic N) is 4. The number of benzene rings is 2. The van der Waals surface area contributed by atoms with Crippen molar-refractivity contribution in [1.29, 1.82) is 0 Å². The van der Waals surface area contributed by atoms with Gasteiger partial charge in [0.1, 0.15) is 6.33 Å². The molecule has 1 unspecified atom stereocenters. The van der Waals surface area contributed by atoms with Crippen molar-refractivity contribution in [1.82, 2.24) is 20.1 Å². The molecule has 0 saturated carbocycles. The lowest BCUT2D eigenvalue weighted by Gasteiger charge is -2.15. The molecule has 2 aromatic carbocycles. The summed E-state index contributed by atoms with van der Waals surface area (Å²) in [5.74, 6) is 0.858. The highest BCUT2D eigenvalue weighted by atomic mass is 32.2. The first-order valence-electron chi connectivity index (χ1n) is 8.93. The van der Waals surface area contributed by atoms with Gasteiger partial charge < -0.3 is 19.4 Å². The van der Waals surface area contributed by atoms with Crippen LogP contribution in [0.1, 0.15) is 28.9 Å². The molecule has 154 valence electrons. The number of carbonyl (C=O) groups excluding carboxylic acids is 1. The molecule has 1 aliphatic heterocycles. The minimum Gasteiger partial charge on any atom is -0.454 e. The highest BCUT2D eigenvalue weighted by Gasteiger charge is 2.22. The molecule has 30 heavy (non-hydrogen) atoms. The van der Waals surface area contributed by atoms with Gasteiger partial charge in [0.05, 0.1) is 15.9 Å². The summed E-state index contributed by atoms with van der Waals surface area (Å²) in [4.78, 5) is 24.1. The van der Waals surface area contributed by atoms with E-state index in [0.717, 1.165) is 17.3 Å². The summed E-state index contributed by atoms with van der Waals surface area (Å²) < 4.78 is 12.3. The Labute approximate surface area is 175 Å². The maximum absolute atomic E-state index is 12.7. The number of carbonyl (C=O) groups is 1. The number of hydrogen-bond acceptors (Lipinski definition) is 8. The van der Waals surface area contributed by atoms with Crippen LogP contribution in [-0.4, -0.2) is 32.4 Å². The normalized spacial score (nSPS) is 13.1. The number of nitro benzene ring substituents is 1. The fourth-order valence-corrected chi connectivity index (χ4v) is 3.75. The van der Waals surface area contributed by atoms with Crippen molar-refractivity contribution in [2.24, 2.45) is 7.05 Å². The Bertz CT molecular complexity index is 1130. The third kappa shape index (κ3) is 3.92. The van der Waals surface area contributed by atoms with E-state index < -0.39 is 10.8 Å². The van der Waals surface area contributed by atoms with Crippen LogP contribution in [0.2, 0.25) is 0 Å². The maximum Gasteiger partial charge on any atom is 0.284 e. The van der Waals surface area contributed by atoms with E-state index in [0.29, 0.717) is 21.6 Å². The van der Waals surface area contributed by atoms with Crippen molar-refractivity contribution < 1.29 is 19.2 Å². The lowest BCUT2D eigenvalue weighted by Crippen LogP contribution is -2.26. The van der Waals surface area contributed by atoms with Crippen molar-refractivity contribution in [3.05, 3.63) is 64.0 Å². The Kier molecular flexibility index (Phi) is 5.27. The quantitative estimate of drug-likeness (QED) is 0.470. The van der Waals surface area contributed by atoms with Gasteiger partial charge in [-0.05, 0) is 48.5 Å². The van der Waals surface area contributed by atoms with Crippen LogP contribution >= 0.6 is 11.8 Å². The third-order valence-corrected chi connectivity index (χ3v) is 5.65. The van der Waals surface area contributed by atoms with Gasteiger partial charge >= 0.3 is 0 Å². The predicted octanol–water partition coefficient (Wildman–Crippen LogP) is 3.09. The average Bonchev–Trinajstić information content (AvgIpc) is 3.36. The highest BCUT2D eigenvalue weighted by molar-refractivity contribution is 7.99. The van der Waals surface area contributed by atoms with Crippen LogP contribution in [0, 0.1) is 10.1 Å². The van der Waals surface area contributed by atoms with Crippen LogP contribution in [0.25, 0.3) is 0 Å². The van der Waals surface area contributed by atoms with E-state index in [2.05, 4.69) is 15.5 Å². The number of nitrogens with one attached hydrogen (secondary N) is 1. The van der Waals surface area contributed by atoms with Gasteiger partial charge in [0, 0.05) is 18.7 Å². The summed E-state index contributed by atoms with van der Waals surface area (Å²) in [5.41, 5.74) is 0.847. The molecular weight excluding hydrogens is 410 g/mol. The molecule has 11 heteroatoms. The Hall–Kier alpha value is -3.60. The second-order valence-electron chi connectivity index (χ2n) is 6.57. The van der Waals surface area contributed by atoms with E-state index in [1.807, 2.05) is 13.0 Å². The number of aromatic nitrogens is 3. The molecule has 0 bridgehead atoms. The number of nitro groups is 1. The van der Waals surface area contributed by atoms with Crippen LogP contribution in [0.3, 0.4) is 0 Å². The van der Waals surface area contributed by atoms with E-state index in [-0.39, 0.29) is 24.1 Å². The van der Waals surface area contributed by atoms with Crippen molar-refractivity contribution in [2.45, 2.75) is 23.0 Å². The fraction of sp³-hybridized carbons (Fsp3) is 0.211. The Morgan fingerprint density at radius 2 is 2.07 bits per heavy atom. The van der Waals surface area contributed by atoms with Gasteiger partial charge in [-0.2, -0.15) is 0 Å². The van der Waals surface area contributed by atoms with Crippen molar-refractivity contribution in [3.8, 4) is 11.5 Å². The zero-order valence-corrected chi connectivity index (χ0v) is 16.9.